The molecule has 170 valence electrons. The zero-order valence-electron chi connectivity index (χ0n) is 19.0. The number of hydrogen-bond acceptors (Lipinski definition) is 5. The fourth-order valence-corrected chi connectivity index (χ4v) is 5.01. The topological polar surface area (TPSA) is 58.3 Å². The lowest BCUT2D eigenvalue weighted by molar-refractivity contribution is -0.396. The molecule has 3 heterocycles. The van der Waals surface area contributed by atoms with Crippen molar-refractivity contribution in [2.24, 2.45) is 5.92 Å². The SMILES string of the molecule is CCOC(=O)c1cnc(N2CCC(CCCCC3C=[N+](C)c4ccc(Cl)cc43)CC2)nc1. The van der Waals surface area contributed by atoms with Gasteiger partial charge in [0.2, 0.25) is 11.6 Å². The van der Waals surface area contributed by atoms with Crippen LogP contribution in [0, 0.1) is 5.92 Å². The van der Waals surface area contributed by atoms with Crippen molar-refractivity contribution in [1.82, 2.24) is 9.97 Å². The number of carbonyl (C=O) groups excluding carboxylic acids is 1. The van der Waals surface area contributed by atoms with Crippen molar-refractivity contribution < 1.29 is 14.1 Å². The summed E-state index contributed by atoms with van der Waals surface area (Å²) in [5.74, 6) is 1.58. The lowest BCUT2D eigenvalue weighted by Crippen LogP contribution is -2.34. The van der Waals surface area contributed by atoms with Crippen LogP contribution in [0.3, 0.4) is 0 Å². The summed E-state index contributed by atoms with van der Waals surface area (Å²) in [5.41, 5.74) is 3.05. The van der Waals surface area contributed by atoms with Gasteiger partial charge >= 0.3 is 5.97 Å². The van der Waals surface area contributed by atoms with Gasteiger partial charge in [0.05, 0.1) is 18.1 Å². The van der Waals surface area contributed by atoms with Crippen molar-refractivity contribution >= 4 is 35.4 Å². The molecule has 1 saturated heterocycles. The van der Waals surface area contributed by atoms with Crippen LogP contribution in [-0.4, -0.2) is 53.5 Å². The molecule has 6 nitrogen and oxygen atoms in total. The van der Waals surface area contributed by atoms with Crippen LogP contribution >= 0.6 is 11.6 Å². The molecule has 2 aliphatic rings. The number of aromatic nitrogens is 2. The molecule has 2 aliphatic heterocycles. The van der Waals surface area contributed by atoms with Crippen molar-refractivity contribution in [3.05, 3.63) is 46.7 Å². The number of ether oxygens (including phenoxy) is 1. The van der Waals surface area contributed by atoms with Crippen LogP contribution in [0.2, 0.25) is 5.02 Å². The molecule has 7 heteroatoms. The third kappa shape index (κ3) is 5.29. The third-order valence-corrected chi connectivity index (χ3v) is 6.83. The number of piperidine rings is 1. The molecule has 1 aromatic heterocycles. The smallest absolute Gasteiger partial charge is 0.341 e. The maximum atomic E-state index is 11.8. The van der Waals surface area contributed by atoms with E-state index in [1.54, 1.807) is 19.3 Å². The minimum atomic E-state index is -0.369. The first-order chi connectivity index (χ1) is 15.5. The molecule has 1 atom stereocenters. The van der Waals surface area contributed by atoms with Gasteiger partial charge in [-0.3, -0.25) is 0 Å². The average molecular weight is 456 g/mol. The quantitative estimate of drug-likeness (QED) is 0.310. The predicted octanol–water partition coefficient (Wildman–Crippen LogP) is 5.23. The number of esters is 1. The average Bonchev–Trinajstić information content (AvgIpc) is 3.12. The normalized spacial score (nSPS) is 18.4. The van der Waals surface area contributed by atoms with Gasteiger partial charge in [0.15, 0.2) is 6.21 Å². The zero-order chi connectivity index (χ0) is 22.5. The number of halogens is 1. The molecule has 0 spiro atoms. The highest BCUT2D eigenvalue weighted by molar-refractivity contribution is 6.30. The number of unbranched alkanes of at least 4 members (excludes halogenated alkanes) is 1. The fraction of sp³-hybridized carbons (Fsp3) is 0.520. The Hall–Kier alpha value is -2.47. The summed E-state index contributed by atoms with van der Waals surface area (Å²) in [6.45, 7) is 4.08. The highest BCUT2D eigenvalue weighted by atomic mass is 35.5. The van der Waals surface area contributed by atoms with Crippen molar-refractivity contribution in [1.29, 1.82) is 0 Å². The van der Waals surface area contributed by atoms with Gasteiger partial charge in [-0.15, -0.1) is 0 Å². The first-order valence-electron chi connectivity index (χ1n) is 11.7. The summed E-state index contributed by atoms with van der Waals surface area (Å²) in [7, 11) is 2.12. The van der Waals surface area contributed by atoms with Gasteiger partial charge in [-0.05, 0) is 44.2 Å². The van der Waals surface area contributed by atoms with E-state index in [0.29, 0.717) is 24.0 Å². The molecule has 4 rings (SSSR count). The lowest BCUT2D eigenvalue weighted by Gasteiger charge is -2.32. The highest BCUT2D eigenvalue weighted by Gasteiger charge is 2.28. The summed E-state index contributed by atoms with van der Waals surface area (Å²) in [4.78, 5) is 22.7. The number of benzene rings is 1. The van der Waals surface area contributed by atoms with Gasteiger partial charge in [0.1, 0.15) is 7.05 Å². The van der Waals surface area contributed by atoms with Crippen LogP contribution in [0.25, 0.3) is 0 Å². The Morgan fingerprint density at radius 1 is 1.19 bits per heavy atom. The van der Waals surface area contributed by atoms with Gasteiger partial charge in [-0.2, -0.15) is 0 Å². The Morgan fingerprint density at radius 2 is 1.91 bits per heavy atom. The van der Waals surface area contributed by atoms with Crippen LogP contribution in [-0.2, 0) is 4.74 Å². The second kappa shape index (κ2) is 10.4. The predicted molar refractivity (Wildman–Crippen MR) is 127 cm³/mol. The summed E-state index contributed by atoms with van der Waals surface area (Å²) in [6.07, 6.45) is 12.7. The summed E-state index contributed by atoms with van der Waals surface area (Å²) < 4.78 is 7.22. The Bertz CT molecular complexity index is 968. The third-order valence-electron chi connectivity index (χ3n) is 6.60. The van der Waals surface area contributed by atoms with Crippen LogP contribution in [0.4, 0.5) is 11.6 Å². The molecule has 0 N–H and O–H groups in total. The molecule has 0 amide bonds. The molecular weight excluding hydrogens is 424 g/mol. The number of carbonyl (C=O) groups is 1. The summed E-state index contributed by atoms with van der Waals surface area (Å²) in [5, 5.41) is 0.823. The number of fused-ring (bicyclic) bond motifs is 1. The standard InChI is InChI=1S/C25H32ClN4O2/c1-3-32-24(31)20-15-27-25(28-16-20)30-12-10-18(11-13-30)6-4-5-7-19-17-29(2)23-9-8-21(26)14-22(19)23/h8-9,14-19H,3-7,10-13H2,1-2H3/q+1. The van der Waals surface area contributed by atoms with Gasteiger partial charge in [0, 0.05) is 42.1 Å². The number of rotatable bonds is 8. The first kappa shape index (κ1) is 22.7. The van der Waals surface area contributed by atoms with Gasteiger partial charge in [0.25, 0.3) is 0 Å². The van der Waals surface area contributed by atoms with E-state index in [1.807, 2.05) is 6.07 Å². The van der Waals surface area contributed by atoms with E-state index in [9.17, 15) is 4.79 Å². The van der Waals surface area contributed by atoms with Crippen LogP contribution in [0.1, 0.15) is 67.3 Å². The number of hydrogen-bond donors (Lipinski definition) is 0. The molecule has 1 unspecified atom stereocenters. The Balaban J connectivity index is 1.19. The van der Waals surface area contributed by atoms with E-state index >= 15 is 0 Å². The second-order valence-corrected chi connectivity index (χ2v) is 9.21. The van der Waals surface area contributed by atoms with Crippen molar-refractivity contribution in [2.75, 3.05) is 31.6 Å². The van der Waals surface area contributed by atoms with E-state index in [2.05, 4.69) is 44.8 Å². The molecule has 1 aromatic carbocycles. The second-order valence-electron chi connectivity index (χ2n) is 8.78. The zero-order valence-corrected chi connectivity index (χ0v) is 19.7. The van der Waals surface area contributed by atoms with E-state index in [1.165, 1.54) is 49.8 Å². The minimum Gasteiger partial charge on any atom is -0.462 e. The monoisotopic (exact) mass is 455 g/mol. The molecule has 0 saturated carbocycles. The Morgan fingerprint density at radius 3 is 2.62 bits per heavy atom. The summed E-state index contributed by atoms with van der Waals surface area (Å²) in [6, 6.07) is 6.22. The van der Waals surface area contributed by atoms with Crippen molar-refractivity contribution in [2.45, 2.75) is 51.4 Å². The van der Waals surface area contributed by atoms with Gasteiger partial charge in [-0.25, -0.2) is 19.3 Å². The Labute approximate surface area is 195 Å². The Kier molecular flexibility index (Phi) is 7.40. The van der Waals surface area contributed by atoms with Gasteiger partial charge < -0.3 is 9.64 Å². The maximum Gasteiger partial charge on any atom is 0.341 e. The van der Waals surface area contributed by atoms with Gasteiger partial charge in [-0.1, -0.05) is 30.9 Å². The van der Waals surface area contributed by atoms with E-state index in [4.69, 9.17) is 16.3 Å². The van der Waals surface area contributed by atoms with Crippen molar-refractivity contribution in [3.8, 4) is 0 Å². The van der Waals surface area contributed by atoms with E-state index in [-0.39, 0.29) is 5.97 Å². The summed E-state index contributed by atoms with van der Waals surface area (Å²) >= 11 is 6.22. The van der Waals surface area contributed by atoms with E-state index < -0.39 is 0 Å². The lowest BCUT2D eigenvalue weighted by atomic mass is 9.89. The maximum absolute atomic E-state index is 11.8. The number of anilines is 1. The molecule has 0 bridgehead atoms. The van der Waals surface area contributed by atoms with Crippen molar-refractivity contribution in [3.63, 3.8) is 0 Å². The molecule has 2 aromatic rings. The first-order valence-corrected chi connectivity index (χ1v) is 12.0. The van der Waals surface area contributed by atoms with Crippen LogP contribution in [0.5, 0.6) is 0 Å². The molecule has 1 fully saturated rings. The van der Waals surface area contributed by atoms with Crippen LogP contribution in [0.15, 0.2) is 30.6 Å². The number of nitrogens with zero attached hydrogens (tertiary/aromatic N) is 4. The molecular formula is C25H32ClN4O2+. The fourth-order valence-electron chi connectivity index (χ4n) is 4.83. The largest absolute Gasteiger partial charge is 0.462 e. The molecule has 0 radical (unpaired) electrons. The minimum absolute atomic E-state index is 0.353. The highest BCUT2D eigenvalue weighted by Crippen LogP contribution is 2.36. The van der Waals surface area contributed by atoms with Crippen LogP contribution < -0.4 is 4.90 Å². The molecule has 32 heavy (non-hydrogen) atoms. The van der Waals surface area contributed by atoms with E-state index in [0.717, 1.165) is 24.0 Å². The molecule has 0 aliphatic carbocycles.